The van der Waals surface area contributed by atoms with E-state index in [1.807, 2.05) is 0 Å². The van der Waals surface area contributed by atoms with Crippen LogP contribution in [0.5, 0.6) is 0 Å². The normalized spacial score (nSPS) is 24.1. The Kier molecular flexibility index (Phi) is 2.21. The van der Waals surface area contributed by atoms with Crippen LogP contribution in [0.25, 0.3) is 0 Å². The molecule has 16 heavy (non-hydrogen) atoms. The first-order chi connectivity index (χ1) is 7.72. The van der Waals surface area contributed by atoms with Crippen molar-refractivity contribution >= 4 is 6.09 Å². The summed E-state index contributed by atoms with van der Waals surface area (Å²) in [6.07, 6.45) is 6.11. The van der Waals surface area contributed by atoms with E-state index in [0.717, 1.165) is 35.2 Å². The standard InChI is InChI=1S/C11H15N3O2/c15-11(16)14-6-7-5-9(12-8-1-2-8)3-4-10(7)13-14/h6,8-9,12H,1-5H2,(H,15,16). The summed E-state index contributed by atoms with van der Waals surface area (Å²) in [6.45, 7) is 0. The summed E-state index contributed by atoms with van der Waals surface area (Å²) in [6, 6.07) is 1.22. The molecule has 5 heteroatoms. The van der Waals surface area contributed by atoms with Gasteiger partial charge in [0.1, 0.15) is 0 Å². The molecule has 2 aliphatic carbocycles. The predicted molar refractivity (Wildman–Crippen MR) is 57.6 cm³/mol. The van der Waals surface area contributed by atoms with Crippen molar-refractivity contribution < 1.29 is 9.90 Å². The average molecular weight is 221 g/mol. The molecule has 0 amide bonds. The molecule has 2 N–H and O–H groups in total. The fourth-order valence-corrected chi connectivity index (χ4v) is 2.33. The van der Waals surface area contributed by atoms with Crippen molar-refractivity contribution in [3.8, 4) is 0 Å². The van der Waals surface area contributed by atoms with Gasteiger partial charge in [0.2, 0.25) is 0 Å². The fraction of sp³-hybridized carbons (Fsp3) is 0.636. The van der Waals surface area contributed by atoms with Gasteiger partial charge in [-0.05, 0) is 37.7 Å². The van der Waals surface area contributed by atoms with Crippen LogP contribution in [0.1, 0.15) is 30.5 Å². The fourth-order valence-electron chi connectivity index (χ4n) is 2.33. The number of aromatic nitrogens is 2. The highest BCUT2D eigenvalue weighted by Gasteiger charge is 2.28. The van der Waals surface area contributed by atoms with E-state index >= 15 is 0 Å². The van der Waals surface area contributed by atoms with Crippen molar-refractivity contribution in [3.05, 3.63) is 17.5 Å². The van der Waals surface area contributed by atoms with Gasteiger partial charge in [-0.25, -0.2) is 4.79 Å². The quantitative estimate of drug-likeness (QED) is 0.782. The van der Waals surface area contributed by atoms with E-state index in [4.69, 9.17) is 5.11 Å². The highest BCUT2D eigenvalue weighted by molar-refractivity contribution is 5.67. The lowest BCUT2D eigenvalue weighted by molar-refractivity contribution is 0.192. The van der Waals surface area contributed by atoms with Crippen LogP contribution < -0.4 is 5.32 Å². The van der Waals surface area contributed by atoms with Crippen LogP contribution in [-0.4, -0.2) is 33.1 Å². The maximum absolute atomic E-state index is 10.8. The van der Waals surface area contributed by atoms with E-state index in [9.17, 15) is 4.79 Å². The lowest BCUT2D eigenvalue weighted by Crippen LogP contribution is -2.35. The van der Waals surface area contributed by atoms with E-state index in [0.29, 0.717) is 12.1 Å². The molecule has 0 spiro atoms. The van der Waals surface area contributed by atoms with E-state index < -0.39 is 6.09 Å². The first kappa shape index (κ1) is 9.84. The molecule has 1 unspecified atom stereocenters. The Morgan fingerprint density at radius 3 is 2.94 bits per heavy atom. The number of nitrogens with zero attached hydrogens (tertiary/aromatic N) is 2. The third-order valence-electron chi connectivity index (χ3n) is 3.32. The highest BCUT2D eigenvalue weighted by Crippen LogP contribution is 2.25. The van der Waals surface area contributed by atoms with Gasteiger partial charge in [0, 0.05) is 18.3 Å². The SMILES string of the molecule is O=C(O)n1cc2c(n1)CCC(NC1CC1)C2. The smallest absolute Gasteiger partial charge is 0.432 e. The number of rotatable bonds is 2. The molecule has 0 radical (unpaired) electrons. The number of hydrogen-bond acceptors (Lipinski definition) is 3. The molecule has 86 valence electrons. The Bertz CT molecular complexity index is 423. The number of hydrogen-bond donors (Lipinski definition) is 2. The third kappa shape index (κ3) is 1.82. The molecule has 5 nitrogen and oxygen atoms in total. The molecule has 1 fully saturated rings. The molecule has 2 aliphatic rings. The van der Waals surface area contributed by atoms with Gasteiger partial charge in [-0.3, -0.25) is 0 Å². The van der Waals surface area contributed by atoms with Gasteiger partial charge in [0.25, 0.3) is 0 Å². The van der Waals surface area contributed by atoms with Crippen LogP contribution in [-0.2, 0) is 12.8 Å². The van der Waals surface area contributed by atoms with Gasteiger partial charge >= 0.3 is 6.09 Å². The van der Waals surface area contributed by atoms with Gasteiger partial charge in [-0.15, -0.1) is 0 Å². The minimum atomic E-state index is -0.999. The highest BCUT2D eigenvalue weighted by atomic mass is 16.4. The van der Waals surface area contributed by atoms with Crippen LogP contribution in [0, 0.1) is 0 Å². The van der Waals surface area contributed by atoms with Crippen LogP contribution in [0.4, 0.5) is 4.79 Å². The third-order valence-corrected chi connectivity index (χ3v) is 3.32. The second-order valence-corrected chi connectivity index (χ2v) is 4.71. The van der Waals surface area contributed by atoms with Crippen molar-refractivity contribution in [2.45, 2.75) is 44.2 Å². The molecule has 0 saturated heterocycles. The maximum Gasteiger partial charge on any atom is 0.432 e. The molecular formula is C11H15N3O2. The second kappa shape index (κ2) is 3.59. The Balaban J connectivity index is 1.74. The number of carboxylic acid groups (broad SMARTS) is 1. The minimum absolute atomic E-state index is 0.506. The molecule has 3 rings (SSSR count). The summed E-state index contributed by atoms with van der Waals surface area (Å²) in [7, 11) is 0. The molecule has 1 aromatic rings. The van der Waals surface area contributed by atoms with Crippen molar-refractivity contribution in [2.75, 3.05) is 0 Å². The van der Waals surface area contributed by atoms with E-state index in [1.54, 1.807) is 6.20 Å². The van der Waals surface area contributed by atoms with Crippen molar-refractivity contribution in [1.29, 1.82) is 0 Å². The van der Waals surface area contributed by atoms with E-state index in [1.165, 1.54) is 12.8 Å². The Labute approximate surface area is 93.5 Å². The number of aryl methyl sites for hydroxylation is 1. The summed E-state index contributed by atoms with van der Waals surface area (Å²) < 4.78 is 1.03. The van der Waals surface area contributed by atoms with Crippen molar-refractivity contribution in [3.63, 3.8) is 0 Å². The lowest BCUT2D eigenvalue weighted by Gasteiger charge is -2.22. The lowest BCUT2D eigenvalue weighted by atomic mass is 9.93. The molecule has 0 bridgehead atoms. The van der Waals surface area contributed by atoms with Crippen LogP contribution in [0.2, 0.25) is 0 Å². The Morgan fingerprint density at radius 2 is 2.25 bits per heavy atom. The van der Waals surface area contributed by atoms with Gasteiger partial charge in [-0.1, -0.05) is 0 Å². The summed E-state index contributed by atoms with van der Waals surface area (Å²) in [5.74, 6) is 0. The van der Waals surface area contributed by atoms with Crippen molar-refractivity contribution in [1.82, 2.24) is 15.1 Å². The van der Waals surface area contributed by atoms with Crippen molar-refractivity contribution in [2.24, 2.45) is 0 Å². The second-order valence-electron chi connectivity index (χ2n) is 4.71. The van der Waals surface area contributed by atoms with Gasteiger partial charge in [0.05, 0.1) is 5.69 Å². The topological polar surface area (TPSA) is 67.1 Å². The summed E-state index contributed by atoms with van der Waals surface area (Å²) in [5, 5.41) is 16.5. The summed E-state index contributed by atoms with van der Waals surface area (Å²) >= 11 is 0. The molecule has 1 atom stereocenters. The Hall–Kier alpha value is -1.36. The number of fused-ring (bicyclic) bond motifs is 1. The van der Waals surface area contributed by atoms with E-state index in [2.05, 4.69) is 10.4 Å². The van der Waals surface area contributed by atoms with Gasteiger partial charge in [0.15, 0.2) is 0 Å². The summed E-state index contributed by atoms with van der Waals surface area (Å²) in [4.78, 5) is 10.8. The number of nitrogens with one attached hydrogen (secondary N) is 1. The van der Waals surface area contributed by atoms with E-state index in [-0.39, 0.29) is 0 Å². The first-order valence-electron chi connectivity index (χ1n) is 5.79. The zero-order valence-corrected chi connectivity index (χ0v) is 9.02. The zero-order chi connectivity index (χ0) is 11.1. The molecule has 0 aromatic carbocycles. The monoisotopic (exact) mass is 221 g/mol. The van der Waals surface area contributed by atoms with Crippen LogP contribution in [0.15, 0.2) is 6.20 Å². The number of carbonyl (C=O) groups is 1. The molecule has 1 heterocycles. The molecule has 1 aromatic heterocycles. The van der Waals surface area contributed by atoms with Crippen LogP contribution >= 0.6 is 0 Å². The van der Waals surface area contributed by atoms with Crippen LogP contribution in [0.3, 0.4) is 0 Å². The average Bonchev–Trinajstić information content (AvgIpc) is 2.95. The minimum Gasteiger partial charge on any atom is -0.463 e. The Morgan fingerprint density at radius 1 is 1.44 bits per heavy atom. The summed E-state index contributed by atoms with van der Waals surface area (Å²) in [5.41, 5.74) is 2.04. The molecule has 1 saturated carbocycles. The molecular weight excluding hydrogens is 206 g/mol. The molecule has 0 aliphatic heterocycles. The first-order valence-corrected chi connectivity index (χ1v) is 5.79. The van der Waals surface area contributed by atoms with Gasteiger partial charge < -0.3 is 10.4 Å². The maximum atomic E-state index is 10.8. The predicted octanol–water partition coefficient (Wildman–Crippen LogP) is 1.02. The van der Waals surface area contributed by atoms with Gasteiger partial charge in [-0.2, -0.15) is 9.78 Å². The largest absolute Gasteiger partial charge is 0.463 e. The zero-order valence-electron chi connectivity index (χ0n) is 9.02.